The van der Waals surface area contributed by atoms with Gasteiger partial charge in [0.25, 0.3) is 0 Å². The fraction of sp³-hybridized carbons (Fsp3) is 0.300. The summed E-state index contributed by atoms with van der Waals surface area (Å²) in [5.74, 6) is -0.116. The van der Waals surface area contributed by atoms with Gasteiger partial charge < -0.3 is 25.5 Å². The molecule has 0 bridgehead atoms. The zero-order valence-electron chi connectivity index (χ0n) is 16.6. The predicted molar refractivity (Wildman–Crippen MR) is 110 cm³/mol. The van der Waals surface area contributed by atoms with Crippen LogP contribution in [-0.4, -0.2) is 56.1 Å². The highest BCUT2D eigenvalue weighted by molar-refractivity contribution is 5.93. The number of aromatic amines is 1. The van der Waals surface area contributed by atoms with Crippen molar-refractivity contribution in [1.29, 1.82) is 0 Å². The molecule has 1 fully saturated rings. The lowest BCUT2D eigenvalue weighted by Gasteiger charge is -2.27. The third-order valence-electron chi connectivity index (χ3n) is 5.16. The average Bonchev–Trinajstić information content (AvgIpc) is 3.28. The normalized spacial score (nSPS) is 19.1. The van der Waals surface area contributed by atoms with Crippen LogP contribution in [0.3, 0.4) is 0 Å². The number of fused-ring (bicyclic) bond motifs is 2. The molecule has 11 heteroatoms. The summed E-state index contributed by atoms with van der Waals surface area (Å²) in [5, 5.41) is 7.95. The van der Waals surface area contributed by atoms with Crippen molar-refractivity contribution in [3.63, 3.8) is 0 Å². The lowest BCUT2D eigenvalue weighted by Crippen LogP contribution is -2.48. The van der Waals surface area contributed by atoms with Gasteiger partial charge in [0.15, 0.2) is 16.9 Å². The number of nitrogens with zero attached hydrogens (tertiary/aromatic N) is 4. The first kappa shape index (κ1) is 19.4. The smallest absolute Gasteiger partial charge is 0.406 e. The van der Waals surface area contributed by atoms with Gasteiger partial charge in [0.05, 0.1) is 31.0 Å². The van der Waals surface area contributed by atoms with Gasteiger partial charge in [0.2, 0.25) is 0 Å². The maximum Gasteiger partial charge on any atom is 0.413 e. The van der Waals surface area contributed by atoms with Crippen molar-refractivity contribution in [2.45, 2.75) is 18.5 Å². The van der Waals surface area contributed by atoms with Gasteiger partial charge in [0.1, 0.15) is 17.2 Å². The number of nitrogens with two attached hydrogens (primary N) is 1. The first-order valence-corrected chi connectivity index (χ1v) is 9.76. The summed E-state index contributed by atoms with van der Waals surface area (Å²) < 4.78 is 26.0. The third-order valence-corrected chi connectivity index (χ3v) is 5.16. The molecule has 0 unspecified atom stereocenters. The molecule has 4 aromatic rings. The van der Waals surface area contributed by atoms with E-state index in [0.29, 0.717) is 47.7 Å². The number of carbonyl (C=O) groups is 1. The van der Waals surface area contributed by atoms with E-state index >= 15 is 0 Å². The quantitative estimate of drug-likeness (QED) is 0.456. The number of amides is 1. The number of aromatic nitrogens is 5. The van der Waals surface area contributed by atoms with Crippen LogP contribution >= 0.6 is 0 Å². The molecule has 3 aromatic heterocycles. The number of carbonyl (C=O) groups excluding carboxylic acids is 1. The molecule has 0 spiro atoms. The van der Waals surface area contributed by atoms with Crippen molar-refractivity contribution >= 4 is 28.2 Å². The zero-order valence-corrected chi connectivity index (χ0v) is 16.6. The number of nitrogens with one attached hydrogen (secondary N) is 2. The number of rotatable bonds is 3. The Morgan fingerprint density at radius 3 is 3.13 bits per heavy atom. The Hall–Kier alpha value is -3.57. The maximum absolute atomic E-state index is 13.6. The molecule has 1 aromatic carbocycles. The van der Waals surface area contributed by atoms with Gasteiger partial charge in [0, 0.05) is 24.7 Å². The van der Waals surface area contributed by atoms with Gasteiger partial charge in [-0.05, 0) is 24.6 Å². The van der Waals surface area contributed by atoms with Gasteiger partial charge in [-0.25, -0.2) is 19.2 Å². The van der Waals surface area contributed by atoms with Gasteiger partial charge in [-0.3, -0.25) is 4.68 Å². The monoisotopic (exact) mass is 425 g/mol. The summed E-state index contributed by atoms with van der Waals surface area (Å²) in [7, 11) is 1.73. The van der Waals surface area contributed by atoms with Crippen LogP contribution in [0.1, 0.15) is 6.42 Å². The van der Waals surface area contributed by atoms with Crippen molar-refractivity contribution in [2.24, 2.45) is 12.8 Å². The molecule has 10 nitrogen and oxygen atoms in total. The largest absolute Gasteiger partial charge is 0.413 e. The highest BCUT2D eigenvalue weighted by Gasteiger charge is 2.23. The Bertz CT molecular complexity index is 1280. The number of aryl methyl sites for hydroxylation is 1. The van der Waals surface area contributed by atoms with Crippen molar-refractivity contribution in [2.75, 3.05) is 13.2 Å². The van der Waals surface area contributed by atoms with Crippen molar-refractivity contribution in [3.8, 4) is 17.1 Å². The van der Waals surface area contributed by atoms with Crippen molar-refractivity contribution in [1.82, 2.24) is 30.0 Å². The van der Waals surface area contributed by atoms with Crippen molar-refractivity contribution < 1.29 is 18.7 Å². The van der Waals surface area contributed by atoms with Gasteiger partial charge in [-0.1, -0.05) is 0 Å². The van der Waals surface area contributed by atoms with E-state index in [2.05, 4.69) is 25.4 Å². The minimum absolute atomic E-state index is 0.123. The van der Waals surface area contributed by atoms with E-state index in [0.717, 1.165) is 5.39 Å². The molecule has 0 aliphatic carbocycles. The molecule has 4 heterocycles. The number of ether oxygens (including phenoxy) is 2. The van der Waals surface area contributed by atoms with Gasteiger partial charge >= 0.3 is 6.09 Å². The number of hydrogen-bond acceptors (Lipinski definition) is 7. The summed E-state index contributed by atoms with van der Waals surface area (Å²) in [5.41, 5.74) is 8.36. The van der Waals surface area contributed by atoms with E-state index in [1.54, 1.807) is 24.0 Å². The van der Waals surface area contributed by atoms with Crippen LogP contribution in [0.25, 0.3) is 33.5 Å². The molecule has 0 saturated carbocycles. The van der Waals surface area contributed by atoms with Crippen LogP contribution in [0.5, 0.6) is 5.75 Å². The second-order valence-corrected chi connectivity index (χ2v) is 7.50. The number of hydrogen-bond donors (Lipinski definition) is 3. The summed E-state index contributed by atoms with van der Waals surface area (Å²) in [6.07, 6.45) is 3.06. The van der Waals surface area contributed by atoms with Crippen molar-refractivity contribution in [3.05, 3.63) is 36.4 Å². The number of H-pyrrole nitrogens is 1. The molecule has 1 aliphatic rings. The van der Waals surface area contributed by atoms with E-state index in [-0.39, 0.29) is 23.7 Å². The lowest BCUT2D eigenvalue weighted by molar-refractivity contribution is 0.0571. The summed E-state index contributed by atoms with van der Waals surface area (Å²) in [6.45, 7) is 0.858. The Morgan fingerprint density at radius 1 is 1.42 bits per heavy atom. The molecule has 1 saturated heterocycles. The van der Waals surface area contributed by atoms with Crippen LogP contribution in [0.2, 0.25) is 0 Å². The molecule has 4 N–H and O–H groups in total. The highest BCUT2D eigenvalue weighted by Crippen LogP contribution is 2.29. The second kappa shape index (κ2) is 7.60. The molecule has 1 amide bonds. The predicted octanol–water partition coefficient (Wildman–Crippen LogP) is 1.86. The SMILES string of the molecule is Cn1nc(-c2cnc3[nH]cc(OC(=O)N[C@H]4COC[C@@H](N)C4)c3n2)c2ccc(F)cc21. The lowest BCUT2D eigenvalue weighted by atomic mass is 10.1. The standard InChI is InChI=1S/C20H20FN7O3/c1-28-15-4-10(21)2-3-13(15)17(27-28)14-6-23-19-18(26-14)16(7-24-19)31-20(29)25-12-5-11(22)8-30-9-12/h2-4,6-7,11-12H,5,8-9,22H2,1H3,(H,23,24)(H,25,29)/t11-,12+/m0/s1. The number of benzene rings is 1. The Balaban J connectivity index is 1.43. The van der Waals surface area contributed by atoms with E-state index in [1.807, 2.05) is 0 Å². The van der Waals surface area contributed by atoms with E-state index < -0.39 is 6.09 Å². The Labute approximate surface area is 175 Å². The van der Waals surface area contributed by atoms with E-state index in [9.17, 15) is 9.18 Å². The van der Waals surface area contributed by atoms with Gasteiger partial charge in [-0.15, -0.1) is 0 Å². The summed E-state index contributed by atoms with van der Waals surface area (Å²) in [6, 6.07) is 4.09. The van der Waals surface area contributed by atoms with Crippen LogP contribution < -0.4 is 15.8 Å². The fourth-order valence-corrected chi connectivity index (χ4v) is 3.74. The molecular weight excluding hydrogens is 405 g/mol. The van der Waals surface area contributed by atoms with Crippen LogP contribution in [0, 0.1) is 5.82 Å². The minimum atomic E-state index is -0.630. The minimum Gasteiger partial charge on any atom is -0.406 e. The van der Waals surface area contributed by atoms with Gasteiger partial charge in [-0.2, -0.15) is 5.10 Å². The van der Waals surface area contributed by atoms with Crippen LogP contribution in [0.4, 0.5) is 9.18 Å². The topological polar surface area (TPSA) is 133 Å². The summed E-state index contributed by atoms with van der Waals surface area (Å²) >= 11 is 0. The first-order chi connectivity index (χ1) is 15.0. The first-order valence-electron chi connectivity index (χ1n) is 9.76. The van der Waals surface area contributed by atoms with E-state index in [1.165, 1.54) is 18.3 Å². The van der Waals surface area contributed by atoms with Crippen LogP contribution in [-0.2, 0) is 11.8 Å². The Kier molecular flexibility index (Phi) is 4.75. The number of halogens is 1. The molecular formula is C20H20FN7O3. The summed E-state index contributed by atoms with van der Waals surface area (Å²) in [4.78, 5) is 24.2. The fourth-order valence-electron chi connectivity index (χ4n) is 3.74. The molecule has 2 atom stereocenters. The maximum atomic E-state index is 13.6. The average molecular weight is 425 g/mol. The molecule has 31 heavy (non-hydrogen) atoms. The molecule has 5 rings (SSSR count). The van der Waals surface area contributed by atoms with Crippen LogP contribution in [0.15, 0.2) is 30.6 Å². The molecule has 1 aliphatic heterocycles. The molecule has 0 radical (unpaired) electrons. The second-order valence-electron chi connectivity index (χ2n) is 7.50. The Morgan fingerprint density at radius 2 is 2.29 bits per heavy atom. The van der Waals surface area contributed by atoms with E-state index in [4.69, 9.17) is 15.2 Å². The third kappa shape index (κ3) is 3.68. The highest BCUT2D eigenvalue weighted by atomic mass is 19.1. The molecule has 160 valence electrons. The zero-order chi connectivity index (χ0) is 21.5.